The Morgan fingerprint density at radius 2 is 1.80 bits per heavy atom. The molecule has 2 aliphatic carbocycles. The molecule has 6 rings (SSSR count). The van der Waals surface area contributed by atoms with Crippen LogP contribution < -0.4 is 14.4 Å². The molecule has 0 saturated heterocycles. The van der Waals surface area contributed by atoms with Crippen LogP contribution in [0.25, 0.3) is 0 Å². The minimum atomic E-state index is -4.23. The first-order valence-electron chi connectivity index (χ1n) is 17.3. The molecule has 0 radical (unpaired) electrons. The normalized spacial score (nSPS) is 29.4. The Morgan fingerprint density at radius 1 is 1.06 bits per heavy atom. The van der Waals surface area contributed by atoms with E-state index in [0.29, 0.717) is 42.6 Å². The van der Waals surface area contributed by atoms with Gasteiger partial charge in [0.2, 0.25) is 10.0 Å². The molecule has 270 valence electrons. The van der Waals surface area contributed by atoms with Gasteiger partial charge in [0.05, 0.1) is 31.8 Å². The van der Waals surface area contributed by atoms with E-state index in [2.05, 4.69) is 15.7 Å². The summed E-state index contributed by atoms with van der Waals surface area (Å²) in [6, 6.07) is 11.0. The number of nitrogens with one attached hydrogen (secondary N) is 1. The molecule has 1 N–H and O–H groups in total. The second kappa shape index (κ2) is 14.2. The average Bonchev–Trinajstić information content (AvgIpc) is 3.22. The molecule has 13 heteroatoms. The molecule has 1 saturated carbocycles. The van der Waals surface area contributed by atoms with Gasteiger partial charge in [0.15, 0.2) is 5.92 Å². The van der Waals surface area contributed by atoms with Crippen molar-refractivity contribution in [3.63, 3.8) is 0 Å². The number of hydrogen-bond acceptors (Lipinski definition) is 10. The van der Waals surface area contributed by atoms with Crippen LogP contribution in [0.4, 0.5) is 5.69 Å². The molecule has 11 nitrogen and oxygen atoms in total. The molecular weight excluding hydrogens is 684 g/mol. The molecule has 2 aromatic rings. The lowest BCUT2D eigenvalue weighted by molar-refractivity contribution is -0.162. The number of methoxy groups -OCH3 is 2. The van der Waals surface area contributed by atoms with E-state index in [1.54, 1.807) is 25.1 Å². The number of benzene rings is 2. The summed E-state index contributed by atoms with van der Waals surface area (Å²) < 4.78 is 45.9. The van der Waals surface area contributed by atoms with Crippen LogP contribution in [0, 0.1) is 29.6 Å². The van der Waals surface area contributed by atoms with E-state index in [4.69, 9.17) is 25.8 Å². The van der Waals surface area contributed by atoms with Crippen molar-refractivity contribution in [3.8, 4) is 5.75 Å². The first-order valence-corrected chi connectivity index (χ1v) is 19.2. The summed E-state index contributed by atoms with van der Waals surface area (Å²) in [6.45, 7) is 4.58. The molecule has 1 unspecified atom stereocenters. The summed E-state index contributed by atoms with van der Waals surface area (Å²) in [5.74, 6) is -5.28. The molecule has 2 bridgehead atoms. The number of halogens is 1. The fraction of sp³-hybridized carbons (Fsp3) is 0.568. The van der Waals surface area contributed by atoms with Crippen LogP contribution >= 0.6 is 11.6 Å². The molecule has 6 atom stereocenters. The van der Waals surface area contributed by atoms with E-state index in [1.807, 2.05) is 12.1 Å². The number of carbonyl (C=O) groups excluding carboxylic acids is 4. The summed E-state index contributed by atoms with van der Waals surface area (Å²) >= 11 is 6.40. The van der Waals surface area contributed by atoms with Crippen molar-refractivity contribution in [1.82, 2.24) is 4.72 Å². The topological polar surface area (TPSA) is 145 Å². The Labute approximate surface area is 298 Å². The number of ketones is 1. The van der Waals surface area contributed by atoms with Crippen molar-refractivity contribution in [1.29, 1.82) is 0 Å². The van der Waals surface area contributed by atoms with Crippen LogP contribution in [-0.4, -0.2) is 71.2 Å². The highest BCUT2D eigenvalue weighted by Gasteiger charge is 2.47. The number of aryl methyl sites for hydroxylation is 1. The third kappa shape index (κ3) is 6.85. The third-order valence-corrected chi connectivity index (χ3v) is 13.8. The van der Waals surface area contributed by atoms with Gasteiger partial charge < -0.3 is 19.1 Å². The number of sulfonamides is 1. The molecule has 1 fully saturated rings. The van der Waals surface area contributed by atoms with Gasteiger partial charge in [-0.15, -0.1) is 0 Å². The van der Waals surface area contributed by atoms with Gasteiger partial charge in [-0.25, -0.2) is 13.1 Å². The van der Waals surface area contributed by atoms with E-state index in [0.717, 1.165) is 39.9 Å². The van der Waals surface area contributed by atoms with E-state index >= 15 is 0 Å². The minimum Gasteiger partial charge on any atom is -0.490 e. The van der Waals surface area contributed by atoms with Crippen LogP contribution in [0.15, 0.2) is 36.4 Å². The Morgan fingerprint density at radius 3 is 2.48 bits per heavy atom. The maximum atomic E-state index is 14.1. The van der Waals surface area contributed by atoms with E-state index in [1.165, 1.54) is 18.1 Å². The highest BCUT2D eigenvalue weighted by Crippen LogP contribution is 2.47. The smallest absolute Gasteiger partial charge is 0.320 e. The molecule has 4 aliphatic rings. The number of esters is 2. The lowest BCUT2D eigenvalue weighted by Crippen LogP contribution is -2.49. The van der Waals surface area contributed by atoms with E-state index < -0.39 is 56.3 Å². The minimum absolute atomic E-state index is 0.0303. The number of nitrogens with zero attached hydrogens (tertiary/aromatic N) is 1. The average molecular weight is 729 g/mol. The number of rotatable bonds is 3. The Balaban J connectivity index is 1.42. The van der Waals surface area contributed by atoms with Crippen LogP contribution in [0.1, 0.15) is 73.9 Å². The van der Waals surface area contributed by atoms with Gasteiger partial charge in [0.25, 0.3) is 5.91 Å². The number of anilines is 1. The number of hydrogen-bond donors (Lipinski definition) is 1. The van der Waals surface area contributed by atoms with Crippen molar-refractivity contribution in [2.75, 3.05) is 38.8 Å². The molecule has 1 spiro atoms. The molecule has 2 heterocycles. The SMILES string of the molecule is COC(=O)C(C(=O)OC)C1CC(=O)[C@@H]2CC[C@H]2CN2C[C@@]3(CCCc4cc(Cl)ccc43)COc3ccc(cc32)C(=O)NS(=O)(=O)[C@H](C)[C@@H](C)C1. The number of Topliss-reactive ketones (excluding diaryl/α,β-unsaturated/α-hetero) is 1. The van der Waals surface area contributed by atoms with Gasteiger partial charge in [-0.3, -0.25) is 19.2 Å². The van der Waals surface area contributed by atoms with E-state index in [-0.39, 0.29) is 36.0 Å². The fourth-order valence-corrected chi connectivity index (χ4v) is 9.97. The van der Waals surface area contributed by atoms with Crippen LogP contribution in [0.5, 0.6) is 5.75 Å². The summed E-state index contributed by atoms with van der Waals surface area (Å²) in [5, 5.41) is -0.432. The maximum Gasteiger partial charge on any atom is 0.320 e. The van der Waals surface area contributed by atoms with Crippen molar-refractivity contribution >= 4 is 50.9 Å². The van der Waals surface area contributed by atoms with Gasteiger partial charge in [-0.2, -0.15) is 0 Å². The number of ether oxygens (including phenoxy) is 3. The quantitative estimate of drug-likeness (QED) is 0.344. The van der Waals surface area contributed by atoms with Crippen molar-refractivity contribution < 1.29 is 41.8 Å². The van der Waals surface area contributed by atoms with Gasteiger partial charge in [0, 0.05) is 41.4 Å². The summed E-state index contributed by atoms with van der Waals surface area (Å²) in [6.07, 6.45) is 4.07. The van der Waals surface area contributed by atoms with Crippen molar-refractivity contribution in [2.45, 2.75) is 69.5 Å². The number of carbonyl (C=O) groups is 4. The first-order chi connectivity index (χ1) is 23.8. The summed E-state index contributed by atoms with van der Waals surface area (Å²) in [7, 11) is -1.92. The van der Waals surface area contributed by atoms with Crippen molar-refractivity contribution in [3.05, 3.63) is 58.1 Å². The highest BCUT2D eigenvalue weighted by atomic mass is 35.5. The summed E-state index contributed by atoms with van der Waals surface area (Å²) in [5.41, 5.74) is 2.78. The molecule has 50 heavy (non-hydrogen) atoms. The highest BCUT2D eigenvalue weighted by molar-refractivity contribution is 7.90. The van der Waals surface area contributed by atoms with Crippen LogP contribution in [-0.2, 0) is 45.7 Å². The molecule has 2 aliphatic heterocycles. The zero-order valence-corrected chi connectivity index (χ0v) is 30.5. The molecule has 1 amide bonds. The van der Waals surface area contributed by atoms with Gasteiger partial charge in [-0.05, 0) is 105 Å². The predicted octanol–water partition coefficient (Wildman–Crippen LogP) is 4.86. The van der Waals surface area contributed by atoms with Crippen LogP contribution in [0.2, 0.25) is 5.02 Å². The van der Waals surface area contributed by atoms with Gasteiger partial charge in [-0.1, -0.05) is 24.6 Å². The lowest BCUT2D eigenvalue weighted by Gasteiger charge is -2.44. The summed E-state index contributed by atoms with van der Waals surface area (Å²) in [4.78, 5) is 55.9. The largest absolute Gasteiger partial charge is 0.490 e. The predicted molar refractivity (Wildman–Crippen MR) is 187 cm³/mol. The van der Waals surface area contributed by atoms with Gasteiger partial charge in [0.1, 0.15) is 11.5 Å². The number of amides is 1. The van der Waals surface area contributed by atoms with Gasteiger partial charge >= 0.3 is 11.9 Å². The Hall–Kier alpha value is -3.64. The first kappa shape index (κ1) is 36.2. The molecule has 2 aromatic carbocycles. The molecular formula is C37H45ClN2O9S. The second-order valence-corrected chi connectivity index (χ2v) is 17.1. The van der Waals surface area contributed by atoms with Crippen molar-refractivity contribution in [2.24, 2.45) is 29.6 Å². The van der Waals surface area contributed by atoms with E-state index in [9.17, 15) is 27.6 Å². The zero-order chi connectivity index (χ0) is 36.0. The third-order valence-electron chi connectivity index (χ3n) is 11.6. The lowest BCUT2D eigenvalue weighted by atomic mass is 9.67. The fourth-order valence-electron chi connectivity index (χ4n) is 8.49. The second-order valence-electron chi connectivity index (χ2n) is 14.6. The Bertz CT molecular complexity index is 1780. The zero-order valence-electron chi connectivity index (χ0n) is 28.9. The number of fused-ring (bicyclic) bond motifs is 4. The standard InChI is InChI=1S/C37H45ClN2O9S/c1-21-14-26(33(35(43)47-3)36(44)48-4)17-31(41)28-10-7-25(28)18-40-19-37(13-5-6-23-15-27(38)9-11-29(23)37)20-49-32-12-8-24(16-30(32)40)34(42)39-50(45,46)22(21)2/h8-9,11-12,15-16,21-22,25-26,28,33H,5-7,10,13-14,17-20H2,1-4H3,(H,39,42)/t21-,22+,25-,26?,28+,37-/m0/s1. The molecule has 0 aromatic heterocycles. The maximum absolute atomic E-state index is 14.1. The Kier molecular flexibility index (Phi) is 10.2. The monoisotopic (exact) mass is 728 g/mol. The van der Waals surface area contributed by atoms with Crippen LogP contribution in [0.3, 0.4) is 0 Å².